The molecule has 0 amide bonds. The maximum absolute atomic E-state index is 12.7. The minimum absolute atomic E-state index is 0.0304. The highest BCUT2D eigenvalue weighted by Gasteiger charge is 2.27. The second-order valence-corrected chi connectivity index (χ2v) is 8.40. The van der Waals surface area contributed by atoms with E-state index in [1.807, 2.05) is 13.0 Å². The summed E-state index contributed by atoms with van der Waals surface area (Å²) < 4.78 is 29.0. The summed E-state index contributed by atoms with van der Waals surface area (Å²) in [6.45, 7) is 4.09. The van der Waals surface area contributed by atoms with Gasteiger partial charge < -0.3 is 5.73 Å². The minimum atomic E-state index is -3.52. The molecule has 3 N–H and O–H groups in total. The Balaban J connectivity index is 2.28. The van der Waals surface area contributed by atoms with Gasteiger partial charge in [0.2, 0.25) is 10.0 Å². The number of halogens is 1. The summed E-state index contributed by atoms with van der Waals surface area (Å²) >= 11 is 3.41. The van der Waals surface area contributed by atoms with E-state index in [4.69, 9.17) is 5.73 Å². The van der Waals surface area contributed by atoms with Gasteiger partial charge >= 0.3 is 0 Å². The Kier molecular flexibility index (Phi) is 5.46. The Morgan fingerprint density at radius 3 is 2.57 bits per heavy atom. The molecule has 1 aromatic rings. The van der Waals surface area contributed by atoms with E-state index in [1.54, 1.807) is 13.0 Å². The molecule has 1 fully saturated rings. The van der Waals surface area contributed by atoms with E-state index >= 15 is 0 Å². The van der Waals surface area contributed by atoms with E-state index in [9.17, 15) is 8.42 Å². The lowest BCUT2D eigenvalue weighted by atomic mass is 10.0. The van der Waals surface area contributed by atoms with Crippen molar-refractivity contribution >= 4 is 26.0 Å². The van der Waals surface area contributed by atoms with Crippen molar-refractivity contribution in [3.8, 4) is 0 Å². The van der Waals surface area contributed by atoms with Gasteiger partial charge in [0, 0.05) is 17.1 Å². The number of sulfonamides is 1. The van der Waals surface area contributed by atoms with Gasteiger partial charge in [0.25, 0.3) is 0 Å². The molecule has 118 valence electrons. The third-order valence-electron chi connectivity index (χ3n) is 4.33. The van der Waals surface area contributed by atoms with Crippen molar-refractivity contribution in [2.24, 2.45) is 11.7 Å². The highest BCUT2D eigenvalue weighted by atomic mass is 79.9. The molecular weight excluding hydrogens is 352 g/mol. The number of rotatable bonds is 5. The fourth-order valence-corrected chi connectivity index (χ4v) is 5.23. The number of benzene rings is 1. The number of nitrogens with two attached hydrogens (primary N) is 1. The molecule has 0 spiro atoms. The first kappa shape index (κ1) is 16.9. The third kappa shape index (κ3) is 3.86. The van der Waals surface area contributed by atoms with Gasteiger partial charge in [-0.2, -0.15) is 0 Å². The summed E-state index contributed by atoms with van der Waals surface area (Å²) in [5.41, 5.74) is 7.17. The SMILES string of the molecule is Cc1c(Br)cc(CN)cc1S(=O)(=O)NC(C)C1CCCC1. The first-order valence-corrected chi connectivity index (χ1v) is 9.64. The largest absolute Gasteiger partial charge is 0.326 e. The number of hydrogen-bond donors (Lipinski definition) is 2. The summed E-state index contributed by atoms with van der Waals surface area (Å²) in [6.07, 6.45) is 4.61. The monoisotopic (exact) mass is 374 g/mol. The summed E-state index contributed by atoms with van der Waals surface area (Å²) in [5, 5.41) is 0. The summed E-state index contributed by atoms with van der Waals surface area (Å²) in [6, 6.07) is 3.51. The van der Waals surface area contributed by atoms with Gasteiger partial charge in [-0.05, 0) is 55.9 Å². The molecule has 1 atom stereocenters. The Morgan fingerprint density at radius 2 is 2.00 bits per heavy atom. The van der Waals surface area contributed by atoms with E-state index in [0.29, 0.717) is 17.4 Å². The van der Waals surface area contributed by atoms with Crippen LogP contribution >= 0.6 is 15.9 Å². The van der Waals surface area contributed by atoms with E-state index in [2.05, 4.69) is 20.7 Å². The van der Waals surface area contributed by atoms with Gasteiger partial charge in [-0.3, -0.25) is 0 Å². The van der Waals surface area contributed by atoms with Crippen molar-refractivity contribution in [3.63, 3.8) is 0 Å². The Morgan fingerprint density at radius 1 is 1.38 bits per heavy atom. The van der Waals surface area contributed by atoms with Crippen molar-refractivity contribution < 1.29 is 8.42 Å². The van der Waals surface area contributed by atoms with Crippen LogP contribution in [0, 0.1) is 12.8 Å². The maximum atomic E-state index is 12.7. The fourth-order valence-electron chi connectivity index (χ4n) is 2.97. The van der Waals surface area contributed by atoms with E-state index < -0.39 is 10.0 Å². The predicted molar refractivity (Wildman–Crippen MR) is 88.5 cm³/mol. The molecule has 0 saturated heterocycles. The summed E-state index contributed by atoms with van der Waals surface area (Å²) in [4.78, 5) is 0.321. The van der Waals surface area contributed by atoms with Gasteiger partial charge in [-0.1, -0.05) is 28.8 Å². The topological polar surface area (TPSA) is 72.2 Å². The molecule has 21 heavy (non-hydrogen) atoms. The number of hydrogen-bond acceptors (Lipinski definition) is 3. The van der Waals surface area contributed by atoms with E-state index in [0.717, 1.165) is 28.4 Å². The van der Waals surface area contributed by atoms with Crippen LogP contribution in [0.15, 0.2) is 21.5 Å². The zero-order chi connectivity index (χ0) is 15.6. The fraction of sp³-hybridized carbons (Fsp3) is 0.600. The van der Waals surface area contributed by atoms with Gasteiger partial charge in [0.15, 0.2) is 0 Å². The molecule has 0 aromatic heterocycles. The number of nitrogens with one attached hydrogen (secondary N) is 1. The lowest BCUT2D eigenvalue weighted by Crippen LogP contribution is -2.37. The van der Waals surface area contributed by atoms with Crippen molar-refractivity contribution in [3.05, 3.63) is 27.7 Å². The first-order chi connectivity index (χ1) is 9.85. The minimum Gasteiger partial charge on any atom is -0.326 e. The van der Waals surface area contributed by atoms with Gasteiger partial charge in [0.1, 0.15) is 0 Å². The standard InChI is InChI=1S/C15H23BrN2O2S/c1-10-14(16)7-12(9-17)8-15(10)21(19,20)18-11(2)13-5-3-4-6-13/h7-8,11,13,18H,3-6,9,17H2,1-2H3. The van der Waals surface area contributed by atoms with Crippen LogP contribution in [0.2, 0.25) is 0 Å². The van der Waals surface area contributed by atoms with Gasteiger partial charge in [-0.25, -0.2) is 13.1 Å². The Bertz CT molecular complexity index is 610. The molecule has 2 rings (SSSR count). The molecule has 6 heteroatoms. The van der Waals surface area contributed by atoms with Crippen LogP contribution in [-0.4, -0.2) is 14.5 Å². The van der Waals surface area contributed by atoms with Crippen LogP contribution in [0.25, 0.3) is 0 Å². The molecule has 0 radical (unpaired) electrons. The molecule has 0 bridgehead atoms. The van der Waals surface area contributed by atoms with Crippen LogP contribution in [-0.2, 0) is 16.6 Å². The molecule has 4 nitrogen and oxygen atoms in total. The average Bonchev–Trinajstić information content (AvgIpc) is 2.95. The second-order valence-electron chi connectivity index (χ2n) is 5.86. The van der Waals surface area contributed by atoms with Crippen LogP contribution in [0.5, 0.6) is 0 Å². The normalized spacial score (nSPS) is 18.1. The zero-order valence-electron chi connectivity index (χ0n) is 12.5. The molecule has 1 aliphatic rings. The molecule has 1 aliphatic carbocycles. The summed E-state index contributed by atoms with van der Waals surface area (Å²) in [7, 11) is -3.52. The van der Waals surface area contributed by atoms with Gasteiger partial charge in [0.05, 0.1) is 4.90 Å². The van der Waals surface area contributed by atoms with Gasteiger partial charge in [-0.15, -0.1) is 0 Å². The zero-order valence-corrected chi connectivity index (χ0v) is 14.9. The summed E-state index contributed by atoms with van der Waals surface area (Å²) in [5.74, 6) is 0.446. The van der Waals surface area contributed by atoms with Crippen LogP contribution < -0.4 is 10.5 Å². The molecule has 1 unspecified atom stereocenters. The lowest BCUT2D eigenvalue weighted by Gasteiger charge is -2.21. The highest BCUT2D eigenvalue weighted by molar-refractivity contribution is 9.10. The van der Waals surface area contributed by atoms with Crippen molar-refractivity contribution in [2.45, 2.75) is 57.0 Å². The second kappa shape index (κ2) is 6.77. The Labute approximate surface area is 135 Å². The molecule has 0 aliphatic heterocycles. The van der Waals surface area contributed by atoms with Crippen molar-refractivity contribution in [1.29, 1.82) is 0 Å². The molecular formula is C15H23BrN2O2S. The molecule has 1 aromatic carbocycles. The molecule has 1 saturated carbocycles. The quantitative estimate of drug-likeness (QED) is 0.831. The maximum Gasteiger partial charge on any atom is 0.241 e. The lowest BCUT2D eigenvalue weighted by molar-refractivity contribution is 0.424. The predicted octanol–water partition coefficient (Wildman–Crippen LogP) is 3.07. The van der Waals surface area contributed by atoms with Crippen LogP contribution in [0.3, 0.4) is 0 Å². The first-order valence-electron chi connectivity index (χ1n) is 7.36. The highest BCUT2D eigenvalue weighted by Crippen LogP contribution is 2.30. The van der Waals surface area contributed by atoms with E-state index in [-0.39, 0.29) is 6.04 Å². The third-order valence-corrected chi connectivity index (χ3v) is 6.84. The average molecular weight is 375 g/mol. The molecule has 0 heterocycles. The Hall–Kier alpha value is -0.430. The van der Waals surface area contributed by atoms with Crippen LogP contribution in [0.1, 0.15) is 43.7 Å². The van der Waals surface area contributed by atoms with E-state index in [1.165, 1.54) is 12.8 Å². The van der Waals surface area contributed by atoms with Crippen molar-refractivity contribution in [1.82, 2.24) is 4.72 Å². The smallest absolute Gasteiger partial charge is 0.241 e. The van der Waals surface area contributed by atoms with Crippen LogP contribution in [0.4, 0.5) is 0 Å². The van der Waals surface area contributed by atoms with Crippen molar-refractivity contribution in [2.75, 3.05) is 0 Å².